The van der Waals surface area contributed by atoms with Crippen LogP contribution in [-0.4, -0.2) is 16.4 Å². The van der Waals surface area contributed by atoms with E-state index in [9.17, 15) is 4.79 Å². The van der Waals surface area contributed by atoms with Gasteiger partial charge in [0, 0.05) is 4.47 Å². The zero-order valence-electron chi connectivity index (χ0n) is 10.6. The van der Waals surface area contributed by atoms with Crippen molar-refractivity contribution in [2.75, 3.05) is 0 Å². The largest absolute Gasteiger partial charge is 0.391 e. The van der Waals surface area contributed by atoms with Crippen LogP contribution in [0.25, 0.3) is 0 Å². The Morgan fingerprint density at radius 1 is 1.26 bits per heavy atom. The van der Waals surface area contributed by atoms with Crippen LogP contribution in [0.15, 0.2) is 28.7 Å². The van der Waals surface area contributed by atoms with Gasteiger partial charge in [-0.25, -0.2) is 0 Å². The van der Waals surface area contributed by atoms with Crippen LogP contribution in [0.2, 0.25) is 0 Å². The van der Waals surface area contributed by atoms with Crippen LogP contribution in [0.1, 0.15) is 42.5 Å². The Kier molecular flexibility index (Phi) is 4.58. The number of amides is 1. The smallest absolute Gasteiger partial charge is 0.253 e. The summed E-state index contributed by atoms with van der Waals surface area (Å²) in [7, 11) is 0. The van der Waals surface area contributed by atoms with E-state index in [1.165, 1.54) is 6.42 Å². The number of rotatable bonds is 3. The maximum Gasteiger partial charge on any atom is 0.253 e. The predicted molar refractivity (Wildman–Crippen MR) is 84.2 cm³/mol. The van der Waals surface area contributed by atoms with Crippen molar-refractivity contribution < 1.29 is 4.79 Å². The zero-order valence-corrected chi connectivity index (χ0v) is 13.0. The van der Waals surface area contributed by atoms with Gasteiger partial charge in [-0.2, -0.15) is 0 Å². The minimum atomic E-state index is -0.514. The molecule has 102 valence electrons. The zero-order chi connectivity index (χ0) is 13.9. The number of benzene rings is 1. The van der Waals surface area contributed by atoms with Gasteiger partial charge in [-0.15, -0.1) is 0 Å². The molecule has 1 saturated carbocycles. The molecule has 5 heteroatoms. The molecule has 0 heterocycles. The number of carbonyl (C=O) groups is 1. The van der Waals surface area contributed by atoms with E-state index in [1.807, 2.05) is 18.2 Å². The fourth-order valence-corrected chi connectivity index (χ4v) is 3.24. The molecule has 0 aromatic heterocycles. The van der Waals surface area contributed by atoms with Gasteiger partial charge >= 0.3 is 0 Å². The third-order valence-electron chi connectivity index (χ3n) is 3.65. The number of nitrogens with one attached hydrogen (secondary N) is 1. The van der Waals surface area contributed by atoms with E-state index in [4.69, 9.17) is 18.0 Å². The van der Waals surface area contributed by atoms with Gasteiger partial charge < -0.3 is 11.1 Å². The summed E-state index contributed by atoms with van der Waals surface area (Å²) < 4.78 is 0.779. The molecule has 0 saturated heterocycles. The van der Waals surface area contributed by atoms with Crippen molar-refractivity contribution in [3.63, 3.8) is 0 Å². The first-order valence-corrected chi connectivity index (χ1v) is 7.62. The molecule has 1 amide bonds. The van der Waals surface area contributed by atoms with E-state index in [0.29, 0.717) is 10.6 Å². The Morgan fingerprint density at radius 3 is 2.47 bits per heavy atom. The summed E-state index contributed by atoms with van der Waals surface area (Å²) in [6.07, 6.45) is 4.94. The fourth-order valence-electron chi connectivity index (χ4n) is 2.52. The normalized spacial score (nSPS) is 17.7. The molecule has 0 unspecified atom stereocenters. The van der Waals surface area contributed by atoms with E-state index >= 15 is 0 Å². The molecule has 1 aromatic carbocycles. The summed E-state index contributed by atoms with van der Waals surface area (Å²) in [6, 6.07) is 7.36. The van der Waals surface area contributed by atoms with Crippen molar-refractivity contribution in [1.82, 2.24) is 5.32 Å². The van der Waals surface area contributed by atoms with Crippen molar-refractivity contribution in [2.45, 2.75) is 37.6 Å². The van der Waals surface area contributed by atoms with Gasteiger partial charge in [-0.1, -0.05) is 43.6 Å². The average Bonchev–Trinajstić information content (AvgIpc) is 2.40. The first kappa shape index (κ1) is 14.5. The van der Waals surface area contributed by atoms with Gasteiger partial charge in [0.05, 0.1) is 16.1 Å². The highest BCUT2D eigenvalue weighted by Gasteiger charge is 2.36. The van der Waals surface area contributed by atoms with E-state index in [0.717, 1.165) is 30.2 Å². The molecule has 1 aromatic rings. The van der Waals surface area contributed by atoms with Gasteiger partial charge in [0.2, 0.25) is 0 Å². The fraction of sp³-hybridized carbons (Fsp3) is 0.429. The number of hydrogen-bond acceptors (Lipinski definition) is 2. The second kappa shape index (κ2) is 6.01. The summed E-state index contributed by atoms with van der Waals surface area (Å²) in [6.45, 7) is 0. The summed E-state index contributed by atoms with van der Waals surface area (Å²) in [4.78, 5) is 12.8. The first-order valence-electron chi connectivity index (χ1n) is 6.42. The lowest BCUT2D eigenvalue weighted by atomic mass is 9.81. The minimum absolute atomic E-state index is 0.123. The van der Waals surface area contributed by atoms with Crippen molar-refractivity contribution >= 4 is 39.0 Å². The Hall–Kier alpha value is -0.940. The van der Waals surface area contributed by atoms with Gasteiger partial charge in [-0.3, -0.25) is 4.79 Å². The standard InChI is InChI=1S/C14H17BrN2OS/c15-11-7-3-2-6-10(11)12(18)17-14(13(16)19)8-4-1-5-9-14/h2-3,6-7H,1,4-5,8-9H2,(H2,16,19)(H,17,18). The summed E-state index contributed by atoms with van der Waals surface area (Å²) >= 11 is 8.57. The number of carbonyl (C=O) groups excluding carboxylic acids is 1. The van der Waals surface area contributed by atoms with Crippen LogP contribution in [0, 0.1) is 0 Å². The molecule has 1 fully saturated rings. The Balaban J connectivity index is 2.20. The molecule has 0 radical (unpaired) electrons. The molecule has 1 aliphatic carbocycles. The lowest BCUT2D eigenvalue weighted by Crippen LogP contribution is -2.57. The summed E-state index contributed by atoms with van der Waals surface area (Å²) in [5.41, 5.74) is 5.97. The van der Waals surface area contributed by atoms with Gasteiger partial charge in [-0.05, 0) is 40.9 Å². The highest BCUT2D eigenvalue weighted by atomic mass is 79.9. The Bertz CT molecular complexity index is 498. The van der Waals surface area contributed by atoms with Crippen LogP contribution in [0.5, 0.6) is 0 Å². The van der Waals surface area contributed by atoms with Gasteiger partial charge in [0.15, 0.2) is 0 Å². The summed E-state index contributed by atoms with van der Waals surface area (Å²) in [5.74, 6) is -0.123. The number of halogens is 1. The second-order valence-electron chi connectivity index (χ2n) is 4.94. The molecular weight excluding hydrogens is 324 g/mol. The van der Waals surface area contributed by atoms with Crippen LogP contribution in [0.3, 0.4) is 0 Å². The van der Waals surface area contributed by atoms with Gasteiger partial charge in [0.1, 0.15) is 0 Å². The van der Waals surface area contributed by atoms with Crippen molar-refractivity contribution in [1.29, 1.82) is 0 Å². The SMILES string of the molecule is NC(=S)C1(NC(=O)c2ccccc2Br)CCCCC1. The predicted octanol–water partition coefficient (Wildman–Crippen LogP) is 3.17. The Morgan fingerprint density at radius 2 is 1.89 bits per heavy atom. The van der Waals surface area contributed by atoms with Crippen LogP contribution in [0.4, 0.5) is 0 Å². The molecule has 1 aliphatic rings. The van der Waals surface area contributed by atoms with E-state index < -0.39 is 5.54 Å². The van der Waals surface area contributed by atoms with E-state index in [-0.39, 0.29) is 5.91 Å². The number of nitrogens with two attached hydrogens (primary N) is 1. The minimum Gasteiger partial charge on any atom is -0.391 e. The topological polar surface area (TPSA) is 55.1 Å². The molecule has 3 N–H and O–H groups in total. The molecule has 19 heavy (non-hydrogen) atoms. The van der Waals surface area contributed by atoms with Crippen LogP contribution >= 0.6 is 28.1 Å². The Labute approximate surface area is 127 Å². The lowest BCUT2D eigenvalue weighted by Gasteiger charge is -2.37. The monoisotopic (exact) mass is 340 g/mol. The van der Waals surface area contributed by atoms with Crippen LogP contribution in [-0.2, 0) is 0 Å². The molecule has 3 nitrogen and oxygen atoms in total. The quantitative estimate of drug-likeness (QED) is 0.831. The summed E-state index contributed by atoms with van der Waals surface area (Å²) in [5, 5.41) is 3.05. The third kappa shape index (κ3) is 3.15. The molecule has 0 aliphatic heterocycles. The molecule has 2 rings (SSSR count). The average molecular weight is 341 g/mol. The highest BCUT2D eigenvalue weighted by molar-refractivity contribution is 9.10. The second-order valence-corrected chi connectivity index (χ2v) is 6.24. The van der Waals surface area contributed by atoms with E-state index in [2.05, 4.69) is 21.2 Å². The maximum atomic E-state index is 12.4. The van der Waals surface area contributed by atoms with Crippen molar-refractivity contribution in [2.24, 2.45) is 5.73 Å². The molecule has 0 atom stereocenters. The van der Waals surface area contributed by atoms with Crippen molar-refractivity contribution in [3.05, 3.63) is 34.3 Å². The molecular formula is C14H17BrN2OS. The van der Waals surface area contributed by atoms with E-state index in [1.54, 1.807) is 6.07 Å². The third-order valence-corrected chi connectivity index (χ3v) is 4.73. The molecule has 0 bridgehead atoms. The number of thiocarbonyl (C=S) groups is 1. The van der Waals surface area contributed by atoms with Crippen molar-refractivity contribution in [3.8, 4) is 0 Å². The molecule has 0 spiro atoms. The number of hydrogen-bond donors (Lipinski definition) is 2. The first-order chi connectivity index (χ1) is 9.05. The lowest BCUT2D eigenvalue weighted by molar-refractivity contribution is 0.0907. The maximum absolute atomic E-state index is 12.4. The van der Waals surface area contributed by atoms with Crippen LogP contribution < -0.4 is 11.1 Å². The van der Waals surface area contributed by atoms with Gasteiger partial charge in [0.25, 0.3) is 5.91 Å². The highest BCUT2D eigenvalue weighted by Crippen LogP contribution is 2.29.